The average molecular weight is 744 g/mol. The number of rotatable bonds is 6. The van der Waals surface area contributed by atoms with Crippen molar-refractivity contribution in [2.45, 2.75) is 0 Å². The molecule has 0 aliphatic heterocycles. The predicted molar refractivity (Wildman–Crippen MR) is 239 cm³/mol. The van der Waals surface area contributed by atoms with E-state index in [0.29, 0.717) is 0 Å². The number of para-hydroxylation sites is 5. The lowest BCUT2D eigenvalue weighted by Gasteiger charge is -2.27. The van der Waals surface area contributed by atoms with Gasteiger partial charge >= 0.3 is 0 Å². The van der Waals surface area contributed by atoms with Crippen LogP contribution in [-0.4, -0.2) is 0 Å². The number of hydrogen-bond acceptors (Lipinski definition) is 4. The van der Waals surface area contributed by atoms with Crippen LogP contribution in [-0.2, 0) is 0 Å². The molecule has 272 valence electrons. The molecule has 4 nitrogen and oxygen atoms in total. The molecule has 12 rings (SSSR count). The first-order valence-electron chi connectivity index (χ1n) is 19.6. The van der Waals surface area contributed by atoms with Gasteiger partial charge in [-0.05, 0) is 89.0 Å². The Morgan fingerprint density at radius 1 is 0.259 bits per heavy atom. The summed E-state index contributed by atoms with van der Waals surface area (Å²) in [5.74, 6) is 0. The number of furan rings is 3. The summed E-state index contributed by atoms with van der Waals surface area (Å²) in [6.45, 7) is 0. The number of hydrogen-bond donors (Lipinski definition) is 0. The van der Waals surface area contributed by atoms with E-state index in [-0.39, 0.29) is 0 Å². The summed E-state index contributed by atoms with van der Waals surface area (Å²) in [5, 5.41) is 6.70. The Morgan fingerprint density at radius 2 is 0.707 bits per heavy atom. The van der Waals surface area contributed by atoms with Crippen molar-refractivity contribution in [3.8, 4) is 33.4 Å². The maximum Gasteiger partial charge on any atom is 0.143 e. The molecule has 0 atom stereocenters. The highest BCUT2D eigenvalue weighted by Crippen LogP contribution is 2.43. The van der Waals surface area contributed by atoms with E-state index in [1.807, 2.05) is 36.4 Å². The number of nitrogens with zero attached hydrogens (tertiary/aromatic N) is 1. The highest BCUT2D eigenvalue weighted by Gasteiger charge is 2.19. The third kappa shape index (κ3) is 5.16. The largest absolute Gasteiger partial charge is 0.456 e. The molecule has 0 radical (unpaired) electrons. The quantitative estimate of drug-likeness (QED) is 0.170. The fraction of sp³-hybridized carbons (Fsp3) is 0. The highest BCUT2D eigenvalue weighted by molar-refractivity contribution is 6.11. The Bertz CT molecular complexity index is 3370. The molecule has 0 fully saturated rings. The summed E-state index contributed by atoms with van der Waals surface area (Å²) >= 11 is 0. The molecular formula is C54H33NO3. The lowest BCUT2D eigenvalue weighted by Crippen LogP contribution is -2.10. The van der Waals surface area contributed by atoms with Crippen LogP contribution < -0.4 is 4.90 Å². The van der Waals surface area contributed by atoms with E-state index in [1.165, 1.54) is 0 Å². The molecule has 0 saturated carbocycles. The Balaban J connectivity index is 1.00. The van der Waals surface area contributed by atoms with Crippen molar-refractivity contribution in [3.63, 3.8) is 0 Å². The third-order valence-electron chi connectivity index (χ3n) is 11.5. The summed E-state index contributed by atoms with van der Waals surface area (Å²) < 4.78 is 19.1. The first kappa shape index (κ1) is 32.4. The van der Waals surface area contributed by atoms with Crippen LogP contribution in [0.3, 0.4) is 0 Å². The molecule has 3 aromatic heterocycles. The fourth-order valence-corrected chi connectivity index (χ4v) is 8.73. The van der Waals surface area contributed by atoms with Crippen LogP contribution in [0.5, 0.6) is 0 Å². The second-order valence-electron chi connectivity index (χ2n) is 14.9. The second kappa shape index (κ2) is 12.9. The van der Waals surface area contributed by atoms with E-state index >= 15 is 0 Å². The van der Waals surface area contributed by atoms with Gasteiger partial charge in [0.15, 0.2) is 0 Å². The fourth-order valence-electron chi connectivity index (χ4n) is 8.73. The Kier molecular flexibility index (Phi) is 7.20. The van der Waals surface area contributed by atoms with E-state index in [2.05, 4.69) is 169 Å². The first-order valence-corrected chi connectivity index (χ1v) is 19.6. The molecule has 0 amide bonds. The molecule has 0 spiro atoms. The molecule has 0 saturated heterocycles. The maximum atomic E-state index is 6.50. The summed E-state index contributed by atoms with van der Waals surface area (Å²) in [4.78, 5) is 2.33. The van der Waals surface area contributed by atoms with Gasteiger partial charge in [0.1, 0.15) is 33.5 Å². The summed E-state index contributed by atoms with van der Waals surface area (Å²) in [6.07, 6.45) is 0. The highest BCUT2D eigenvalue weighted by atomic mass is 16.3. The van der Waals surface area contributed by atoms with E-state index < -0.39 is 0 Å². The van der Waals surface area contributed by atoms with Crippen molar-refractivity contribution in [1.82, 2.24) is 0 Å². The van der Waals surface area contributed by atoms with E-state index in [4.69, 9.17) is 13.3 Å². The Hall–Kier alpha value is -7.82. The van der Waals surface area contributed by atoms with Crippen LogP contribution in [0.4, 0.5) is 17.1 Å². The molecule has 0 aliphatic rings. The van der Waals surface area contributed by atoms with Gasteiger partial charge in [0, 0.05) is 60.5 Å². The minimum atomic E-state index is 0.888. The minimum absolute atomic E-state index is 0.888. The number of fused-ring (bicyclic) bond motifs is 9. The van der Waals surface area contributed by atoms with Crippen molar-refractivity contribution >= 4 is 82.9 Å². The Morgan fingerprint density at radius 3 is 1.28 bits per heavy atom. The maximum absolute atomic E-state index is 6.50. The molecule has 0 aliphatic carbocycles. The molecule has 3 heterocycles. The molecule has 9 aromatic carbocycles. The van der Waals surface area contributed by atoms with Gasteiger partial charge in [-0.15, -0.1) is 0 Å². The molecule has 0 bridgehead atoms. The van der Waals surface area contributed by atoms with Crippen molar-refractivity contribution in [2.24, 2.45) is 0 Å². The normalized spacial score (nSPS) is 11.8. The molecule has 4 heteroatoms. The van der Waals surface area contributed by atoms with Gasteiger partial charge in [-0.25, -0.2) is 0 Å². The smallest absolute Gasteiger partial charge is 0.143 e. The summed E-state index contributed by atoms with van der Waals surface area (Å²) in [6, 6.07) is 70.3. The predicted octanol–water partition coefficient (Wildman–Crippen LogP) is 15.9. The molecule has 0 unspecified atom stereocenters. The van der Waals surface area contributed by atoms with E-state index in [0.717, 1.165) is 116 Å². The van der Waals surface area contributed by atoms with Crippen LogP contribution in [0, 0.1) is 0 Å². The number of benzene rings is 9. The van der Waals surface area contributed by atoms with Crippen molar-refractivity contribution in [2.75, 3.05) is 4.90 Å². The molecular weight excluding hydrogens is 711 g/mol. The van der Waals surface area contributed by atoms with Gasteiger partial charge in [-0.3, -0.25) is 0 Å². The minimum Gasteiger partial charge on any atom is -0.456 e. The van der Waals surface area contributed by atoms with Crippen LogP contribution in [0.2, 0.25) is 0 Å². The van der Waals surface area contributed by atoms with Crippen molar-refractivity contribution in [1.29, 1.82) is 0 Å². The van der Waals surface area contributed by atoms with Crippen molar-refractivity contribution < 1.29 is 13.3 Å². The van der Waals surface area contributed by atoms with Crippen molar-refractivity contribution in [3.05, 3.63) is 200 Å². The van der Waals surface area contributed by atoms with Gasteiger partial charge in [0.2, 0.25) is 0 Å². The standard InChI is InChI=1S/C54H33NO3/c1-5-23-50-43(15-1)46-20-9-18-41(53(46)57-50)36-11-7-13-39(31-36)55(38-28-25-34(26-29-38)35-27-30-52-48(33-35)45-17-3-4-22-49(45)56-52)40-14-8-12-37(32-40)42-19-10-21-47-44-16-2-6-24-51(44)58-54(42)47/h1-33H. The summed E-state index contributed by atoms with van der Waals surface area (Å²) in [7, 11) is 0. The zero-order valence-corrected chi connectivity index (χ0v) is 31.2. The molecule has 0 N–H and O–H groups in total. The molecule has 58 heavy (non-hydrogen) atoms. The van der Waals surface area contributed by atoms with Crippen LogP contribution in [0.1, 0.15) is 0 Å². The first-order chi connectivity index (χ1) is 28.7. The zero-order valence-electron chi connectivity index (χ0n) is 31.2. The zero-order chi connectivity index (χ0) is 38.2. The summed E-state index contributed by atoms with van der Waals surface area (Å²) in [5.41, 5.74) is 15.0. The molecule has 12 aromatic rings. The average Bonchev–Trinajstić information content (AvgIpc) is 3.98. The van der Waals surface area contributed by atoms with Crippen LogP contribution in [0.25, 0.3) is 99.2 Å². The van der Waals surface area contributed by atoms with Gasteiger partial charge in [-0.1, -0.05) is 133 Å². The monoisotopic (exact) mass is 743 g/mol. The van der Waals surface area contributed by atoms with Crippen LogP contribution in [0.15, 0.2) is 213 Å². The van der Waals surface area contributed by atoms with Crippen LogP contribution >= 0.6 is 0 Å². The number of anilines is 3. The van der Waals surface area contributed by atoms with Gasteiger partial charge < -0.3 is 18.2 Å². The van der Waals surface area contributed by atoms with E-state index in [1.54, 1.807) is 0 Å². The third-order valence-corrected chi connectivity index (χ3v) is 11.5. The second-order valence-corrected chi connectivity index (χ2v) is 14.9. The topological polar surface area (TPSA) is 42.7 Å². The lowest BCUT2D eigenvalue weighted by atomic mass is 9.99. The SMILES string of the molecule is c1cc(-c2cccc3c2oc2ccccc23)cc(N(c2ccc(-c3ccc4oc5ccccc5c4c3)cc2)c2cccc(-c3cccc4c3oc3ccccc34)c2)c1. The van der Waals surface area contributed by atoms with Gasteiger partial charge in [0.05, 0.1) is 0 Å². The lowest BCUT2D eigenvalue weighted by molar-refractivity contribution is 0.669. The Labute approximate surface area is 333 Å². The van der Waals surface area contributed by atoms with E-state index in [9.17, 15) is 0 Å². The van der Waals surface area contributed by atoms with Gasteiger partial charge in [0.25, 0.3) is 0 Å². The van der Waals surface area contributed by atoms with Gasteiger partial charge in [-0.2, -0.15) is 0 Å².